The summed E-state index contributed by atoms with van der Waals surface area (Å²) in [5.41, 5.74) is 6.48. The third-order valence-electron chi connectivity index (χ3n) is 1.65. The molecule has 3 heteroatoms. The highest BCUT2D eigenvalue weighted by Crippen LogP contribution is 2.03. The molecule has 0 atom stereocenters. The van der Waals surface area contributed by atoms with Gasteiger partial charge in [0.2, 0.25) is 0 Å². The number of nitrogens with two attached hydrogens (primary N) is 1. The summed E-state index contributed by atoms with van der Waals surface area (Å²) in [6, 6.07) is 9.53. The fraction of sp³-hybridized carbons (Fsp3) is 0.100. The van der Waals surface area contributed by atoms with Gasteiger partial charge in [0.25, 0.3) is 5.91 Å². The number of benzene rings is 1. The van der Waals surface area contributed by atoms with Crippen LogP contribution in [-0.4, -0.2) is 13.0 Å². The number of hydrogen-bond donors (Lipinski definition) is 2. The second-order valence-corrected chi connectivity index (χ2v) is 2.58. The van der Waals surface area contributed by atoms with Gasteiger partial charge in [0.05, 0.1) is 5.70 Å². The molecule has 0 heterocycles. The molecule has 68 valence electrons. The van der Waals surface area contributed by atoms with E-state index in [-0.39, 0.29) is 0 Å². The summed E-state index contributed by atoms with van der Waals surface area (Å²) in [5, 5.41) is 2.74. The van der Waals surface area contributed by atoms with Gasteiger partial charge in [-0.05, 0) is 11.6 Å². The van der Waals surface area contributed by atoms with Gasteiger partial charge in [-0.15, -0.1) is 0 Å². The average Bonchev–Trinajstić information content (AvgIpc) is 2.15. The van der Waals surface area contributed by atoms with Crippen LogP contribution in [0.4, 0.5) is 0 Å². The van der Waals surface area contributed by atoms with E-state index in [9.17, 15) is 4.79 Å². The van der Waals surface area contributed by atoms with E-state index in [0.29, 0.717) is 5.70 Å². The molecular weight excluding hydrogens is 164 g/mol. The SMILES string of the molecule is CN/C(=C/c1ccccc1)C(N)=O. The van der Waals surface area contributed by atoms with Crippen molar-refractivity contribution in [3.8, 4) is 0 Å². The van der Waals surface area contributed by atoms with Gasteiger partial charge < -0.3 is 11.1 Å². The first kappa shape index (κ1) is 9.32. The van der Waals surface area contributed by atoms with Crippen molar-refractivity contribution < 1.29 is 4.79 Å². The molecule has 0 radical (unpaired) electrons. The van der Waals surface area contributed by atoms with Gasteiger partial charge in [0.1, 0.15) is 0 Å². The van der Waals surface area contributed by atoms with Crippen LogP contribution >= 0.6 is 0 Å². The lowest BCUT2D eigenvalue weighted by Crippen LogP contribution is -2.22. The molecule has 0 aromatic heterocycles. The van der Waals surface area contributed by atoms with Gasteiger partial charge in [-0.1, -0.05) is 30.3 Å². The Morgan fingerprint density at radius 2 is 2.00 bits per heavy atom. The fourth-order valence-electron chi connectivity index (χ4n) is 0.982. The molecule has 3 N–H and O–H groups in total. The van der Waals surface area contributed by atoms with Crippen molar-refractivity contribution in [1.29, 1.82) is 0 Å². The maximum absolute atomic E-state index is 10.8. The fourth-order valence-corrected chi connectivity index (χ4v) is 0.982. The molecule has 1 rings (SSSR count). The first-order chi connectivity index (χ1) is 6.24. The number of primary amides is 1. The van der Waals surface area contributed by atoms with Crippen molar-refractivity contribution in [2.24, 2.45) is 5.73 Å². The van der Waals surface area contributed by atoms with Crippen molar-refractivity contribution in [2.75, 3.05) is 7.05 Å². The number of rotatable bonds is 3. The first-order valence-electron chi connectivity index (χ1n) is 3.98. The van der Waals surface area contributed by atoms with Crippen LogP contribution in [0.1, 0.15) is 5.56 Å². The second-order valence-electron chi connectivity index (χ2n) is 2.58. The van der Waals surface area contributed by atoms with E-state index in [1.807, 2.05) is 30.3 Å². The molecule has 1 amide bonds. The third-order valence-corrected chi connectivity index (χ3v) is 1.65. The van der Waals surface area contributed by atoms with E-state index in [1.54, 1.807) is 13.1 Å². The zero-order valence-electron chi connectivity index (χ0n) is 7.45. The van der Waals surface area contributed by atoms with Crippen LogP contribution in [0.5, 0.6) is 0 Å². The molecule has 0 saturated heterocycles. The predicted octanol–water partition coefficient (Wildman–Crippen LogP) is 0.732. The van der Waals surface area contributed by atoms with Crippen LogP contribution in [0.15, 0.2) is 36.0 Å². The van der Waals surface area contributed by atoms with Crippen molar-refractivity contribution in [3.05, 3.63) is 41.6 Å². The minimum Gasteiger partial charge on any atom is -0.384 e. The molecule has 0 unspecified atom stereocenters. The zero-order chi connectivity index (χ0) is 9.68. The van der Waals surface area contributed by atoms with Gasteiger partial charge in [-0.25, -0.2) is 0 Å². The van der Waals surface area contributed by atoms with Crippen molar-refractivity contribution in [3.63, 3.8) is 0 Å². The van der Waals surface area contributed by atoms with Gasteiger partial charge in [0, 0.05) is 7.05 Å². The Kier molecular flexibility index (Phi) is 3.09. The van der Waals surface area contributed by atoms with Crippen LogP contribution in [0.3, 0.4) is 0 Å². The smallest absolute Gasteiger partial charge is 0.264 e. The summed E-state index contributed by atoms with van der Waals surface area (Å²) in [4.78, 5) is 10.8. The lowest BCUT2D eigenvalue weighted by molar-refractivity contribution is -0.114. The molecule has 0 spiro atoms. The van der Waals surface area contributed by atoms with Crippen LogP contribution in [0, 0.1) is 0 Å². The Morgan fingerprint density at radius 3 is 2.46 bits per heavy atom. The van der Waals surface area contributed by atoms with E-state index in [0.717, 1.165) is 5.56 Å². The molecule has 0 fully saturated rings. The Hall–Kier alpha value is -1.77. The van der Waals surface area contributed by atoms with Crippen molar-refractivity contribution in [2.45, 2.75) is 0 Å². The highest BCUT2D eigenvalue weighted by atomic mass is 16.1. The minimum atomic E-state index is -0.452. The second kappa shape index (κ2) is 4.30. The normalized spacial score (nSPS) is 11.0. The summed E-state index contributed by atoms with van der Waals surface area (Å²) < 4.78 is 0. The van der Waals surface area contributed by atoms with Gasteiger partial charge in [0.15, 0.2) is 0 Å². The number of likely N-dealkylation sites (N-methyl/N-ethyl adjacent to an activating group) is 1. The molecule has 1 aromatic rings. The summed E-state index contributed by atoms with van der Waals surface area (Å²) in [5.74, 6) is -0.452. The topological polar surface area (TPSA) is 55.1 Å². The molecule has 0 bridgehead atoms. The summed E-state index contributed by atoms with van der Waals surface area (Å²) >= 11 is 0. The Bertz CT molecular complexity index is 317. The number of carbonyl (C=O) groups excluding carboxylic acids is 1. The van der Waals surface area contributed by atoms with Gasteiger partial charge >= 0.3 is 0 Å². The van der Waals surface area contributed by atoms with Gasteiger partial charge in [-0.2, -0.15) is 0 Å². The first-order valence-corrected chi connectivity index (χ1v) is 3.98. The highest BCUT2D eigenvalue weighted by Gasteiger charge is 2.00. The van der Waals surface area contributed by atoms with E-state index in [4.69, 9.17) is 5.73 Å². The van der Waals surface area contributed by atoms with E-state index >= 15 is 0 Å². The van der Waals surface area contributed by atoms with Crippen LogP contribution in [0.25, 0.3) is 6.08 Å². The third kappa shape index (κ3) is 2.63. The zero-order valence-corrected chi connectivity index (χ0v) is 7.45. The molecule has 3 nitrogen and oxygen atoms in total. The van der Waals surface area contributed by atoms with E-state index in [1.165, 1.54) is 0 Å². The number of carbonyl (C=O) groups is 1. The van der Waals surface area contributed by atoms with Crippen LogP contribution in [0.2, 0.25) is 0 Å². The summed E-state index contributed by atoms with van der Waals surface area (Å²) in [7, 11) is 1.67. The standard InChI is InChI=1S/C10H12N2O/c1-12-9(10(11)13)7-8-5-3-2-4-6-8/h2-7,12H,1H3,(H2,11,13)/b9-7+. The van der Waals surface area contributed by atoms with E-state index in [2.05, 4.69) is 5.32 Å². The largest absolute Gasteiger partial charge is 0.384 e. The minimum absolute atomic E-state index is 0.409. The van der Waals surface area contributed by atoms with Crippen molar-refractivity contribution >= 4 is 12.0 Å². The number of hydrogen-bond acceptors (Lipinski definition) is 2. The quantitative estimate of drug-likeness (QED) is 0.667. The lowest BCUT2D eigenvalue weighted by Gasteiger charge is -2.00. The summed E-state index contributed by atoms with van der Waals surface area (Å²) in [6.07, 6.45) is 1.71. The Morgan fingerprint density at radius 1 is 1.38 bits per heavy atom. The molecule has 13 heavy (non-hydrogen) atoms. The Balaban J connectivity index is 2.92. The van der Waals surface area contributed by atoms with Crippen LogP contribution in [-0.2, 0) is 4.79 Å². The summed E-state index contributed by atoms with van der Waals surface area (Å²) in [6.45, 7) is 0. The van der Waals surface area contributed by atoms with E-state index < -0.39 is 5.91 Å². The highest BCUT2D eigenvalue weighted by molar-refractivity contribution is 5.95. The number of nitrogens with one attached hydrogen (secondary N) is 1. The molecule has 0 aliphatic heterocycles. The molecule has 0 aliphatic rings. The number of amides is 1. The van der Waals surface area contributed by atoms with Gasteiger partial charge in [-0.3, -0.25) is 4.79 Å². The lowest BCUT2D eigenvalue weighted by atomic mass is 10.2. The van der Waals surface area contributed by atoms with Crippen molar-refractivity contribution in [1.82, 2.24) is 5.32 Å². The monoisotopic (exact) mass is 176 g/mol. The predicted molar refractivity (Wildman–Crippen MR) is 52.7 cm³/mol. The van der Waals surface area contributed by atoms with Crippen LogP contribution < -0.4 is 11.1 Å². The molecule has 1 aromatic carbocycles. The Labute approximate surface area is 77.3 Å². The molecular formula is C10H12N2O. The molecule has 0 aliphatic carbocycles. The maximum atomic E-state index is 10.8. The molecule has 0 saturated carbocycles. The maximum Gasteiger partial charge on any atom is 0.264 e. The average molecular weight is 176 g/mol.